The molecule has 0 spiro atoms. The van der Waals surface area contributed by atoms with E-state index in [1.54, 1.807) is 12.1 Å². The molecule has 0 radical (unpaired) electrons. The average Bonchev–Trinajstić information content (AvgIpc) is 3.08. The molecule has 1 heterocycles. The molecule has 2 aromatic rings. The van der Waals surface area contributed by atoms with Crippen molar-refractivity contribution < 1.29 is 14.3 Å². The van der Waals surface area contributed by atoms with Crippen molar-refractivity contribution in [2.45, 2.75) is 19.4 Å². The molecule has 0 aliphatic carbocycles. The minimum Gasteiger partial charge on any atom is -0.492 e. The molecule has 0 unspecified atom stereocenters. The molecule has 28 heavy (non-hydrogen) atoms. The Morgan fingerprint density at radius 2 is 1.82 bits per heavy atom. The zero-order valence-corrected chi connectivity index (χ0v) is 16.5. The summed E-state index contributed by atoms with van der Waals surface area (Å²) in [6.07, 6.45) is 1.57. The van der Waals surface area contributed by atoms with Gasteiger partial charge in [0.1, 0.15) is 12.4 Å². The third kappa shape index (κ3) is 5.57. The number of amides is 2. The number of carbonyl (C=O) groups excluding carboxylic acids is 2. The maximum absolute atomic E-state index is 12.4. The number of nitrogens with zero attached hydrogens (tertiary/aromatic N) is 2. The number of carbonyl (C=O) groups is 2. The molecule has 0 bridgehead atoms. The number of ether oxygens (including phenoxy) is 1. The standard InChI is InChI=1S/C22H27N3O3/c1-24(2)14-15-28-20-11-9-19(10-12-20)23-22(27)18-7-5-17(6-8-18)16-25-13-3-4-21(25)26/h5-12H,3-4,13-16H2,1-2H3,(H,23,27). The van der Waals surface area contributed by atoms with E-state index in [-0.39, 0.29) is 11.8 Å². The highest BCUT2D eigenvalue weighted by molar-refractivity contribution is 6.04. The Balaban J connectivity index is 1.52. The third-order valence-electron chi connectivity index (χ3n) is 4.68. The molecule has 1 N–H and O–H groups in total. The smallest absolute Gasteiger partial charge is 0.255 e. The lowest BCUT2D eigenvalue weighted by molar-refractivity contribution is -0.128. The van der Waals surface area contributed by atoms with E-state index in [1.165, 1.54) is 0 Å². The second-order valence-electron chi connectivity index (χ2n) is 7.25. The summed E-state index contributed by atoms with van der Waals surface area (Å²) in [6, 6.07) is 14.8. The lowest BCUT2D eigenvalue weighted by atomic mass is 10.1. The molecule has 0 atom stereocenters. The van der Waals surface area contributed by atoms with Gasteiger partial charge in [-0.15, -0.1) is 0 Å². The van der Waals surface area contributed by atoms with Crippen LogP contribution >= 0.6 is 0 Å². The first-order valence-corrected chi connectivity index (χ1v) is 9.57. The van der Waals surface area contributed by atoms with Gasteiger partial charge in [0.15, 0.2) is 0 Å². The number of hydrogen-bond acceptors (Lipinski definition) is 4. The predicted molar refractivity (Wildman–Crippen MR) is 110 cm³/mol. The van der Waals surface area contributed by atoms with E-state index >= 15 is 0 Å². The van der Waals surface area contributed by atoms with Crippen molar-refractivity contribution in [2.24, 2.45) is 0 Å². The molecule has 0 aromatic heterocycles. The Morgan fingerprint density at radius 3 is 2.43 bits per heavy atom. The summed E-state index contributed by atoms with van der Waals surface area (Å²) in [4.78, 5) is 28.1. The largest absolute Gasteiger partial charge is 0.492 e. The summed E-state index contributed by atoms with van der Waals surface area (Å²) in [5.74, 6) is 0.821. The monoisotopic (exact) mass is 381 g/mol. The Kier molecular flexibility index (Phi) is 6.66. The average molecular weight is 381 g/mol. The van der Waals surface area contributed by atoms with Gasteiger partial charge in [-0.25, -0.2) is 0 Å². The Morgan fingerprint density at radius 1 is 1.11 bits per heavy atom. The van der Waals surface area contributed by atoms with Gasteiger partial charge >= 0.3 is 0 Å². The second kappa shape index (κ2) is 9.37. The first-order chi connectivity index (χ1) is 13.5. The number of likely N-dealkylation sites (tertiary alicyclic amines) is 1. The molecule has 1 fully saturated rings. The van der Waals surface area contributed by atoms with Gasteiger partial charge in [0.25, 0.3) is 5.91 Å². The number of nitrogens with one attached hydrogen (secondary N) is 1. The molecular weight excluding hydrogens is 354 g/mol. The molecule has 2 amide bonds. The summed E-state index contributed by atoms with van der Waals surface area (Å²) in [5, 5.41) is 2.89. The van der Waals surface area contributed by atoms with Gasteiger partial charge in [0, 0.05) is 37.3 Å². The van der Waals surface area contributed by atoms with Gasteiger partial charge in [-0.2, -0.15) is 0 Å². The molecule has 1 aliphatic heterocycles. The van der Waals surface area contributed by atoms with Crippen molar-refractivity contribution >= 4 is 17.5 Å². The van der Waals surface area contributed by atoms with Crippen molar-refractivity contribution in [1.82, 2.24) is 9.80 Å². The van der Waals surface area contributed by atoms with Crippen LogP contribution in [-0.2, 0) is 11.3 Å². The fourth-order valence-corrected chi connectivity index (χ4v) is 3.04. The van der Waals surface area contributed by atoms with E-state index < -0.39 is 0 Å². The van der Waals surface area contributed by atoms with Crippen LogP contribution in [0.5, 0.6) is 5.75 Å². The number of benzene rings is 2. The highest BCUT2D eigenvalue weighted by Crippen LogP contribution is 2.18. The van der Waals surface area contributed by atoms with Crippen LogP contribution in [0.2, 0.25) is 0 Å². The Bertz CT molecular complexity index is 801. The molecule has 3 rings (SSSR count). The third-order valence-corrected chi connectivity index (χ3v) is 4.68. The predicted octanol–water partition coefficient (Wildman–Crippen LogP) is 3.00. The highest BCUT2D eigenvalue weighted by atomic mass is 16.5. The molecular formula is C22H27N3O3. The van der Waals surface area contributed by atoms with Crippen LogP contribution in [0, 0.1) is 0 Å². The van der Waals surface area contributed by atoms with Gasteiger partial charge < -0.3 is 19.9 Å². The fraction of sp³-hybridized carbons (Fsp3) is 0.364. The van der Waals surface area contributed by atoms with Gasteiger partial charge in [-0.1, -0.05) is 12.1 Å². The van der Waals surface area contributed by atoms with Crippen LogP contribution in [0.4, 0.5) is 5.69 Å². The summed E-state index contributed by atoms with van der Waals surface area (Å²) in [5.41, 5.74) is 2.34. The van der Waals surface area contributed by atoms with E-state index in [1.807, 2.05) is 55.4 Å². The second-order valence-corrected chi connectivity index (χ2v) is 7.25. The van der Waals surface area contributed by atoms with Crippen LogP contribution in [0.25, 0.3) is 0 Å². The van der Waals surface area contributed by atoms with Crippen molar-refractivity contribution in [2.75, 3.05) is 39.1 Å². The highest BCUT2D eigenvalue weighted by Gasteiger charge is 2.20. The lowest BCUT2D eigenvalue weighted by Crippen LogP contribution is -2.23. The van der Waals surface area contributed by atoms with E-state index in [2.05, 4.69) is 10.2 Å². The van der Waals surface area contributed by atoms with E-state index in [4.69, 9.17) is 4.74 Å². The molecule has 6 heteroatoms. The number of anilines is 1. The van der Waals surface area contributed by atoms with Crippen molar-refractivity contribution in [1.29, 1.82) is 0 Å². The van der Waals surface area contributed by atoms with Gasteiger partial charge in [0.2, 0.25) is 5.91 Å². The van der Waals surface area contributed by atoms with Crippen molar-refractivity contribution in [3.63, 3.8) is 0 Å². The van der Waals surface area contributed by atoms with Crippen LogP contribution in [0.1, 0.15) is 28.8 Å². The van der Waals surface area contributed by atoms with Crippen molar-refractivity contribution in [3.8, 4) is 5.75 Å². The summed E-state index contributed by atoms with van der Waals surface area (Å²) in [7, 11) is 4.00. The maximum atomic E-state index is 12.4. The van der Waals surface area contributed by atoms with Gasteiger partial charge in [-0.3, -0.25) is 9.59 Å². The molecule has 0 saturated carbocycles. The molecule has 1 saturated heterocycles. The number of rotatable bonds is 8. The SMILES string of the molecule is CN(C)CCOc1ccc(NC(=O)c2ccc(CN3CCCC3=O)cc2)cc1. The maximum Gasteiger partial charge on any atom is 0.255 e. The first-order valence-electron chi connectivity index (χ1n) is 9.57. The quantitative estimate of drug-likeness (QED) is 0.764. The zero-order valence-electron chi connectivity index (χ0n) is 16.5. The Labute approximate surface area is 166 Å². The minimum atomic E-state index is -0.162. The Hall–Kier alpha value is -2.86. The first kappa shape index (κ1) is 19.9. The van der Waals surface area contributed by atoms with Gasteiger partial charge in [0.05, 0.1) is 0 Å². The van der Waals surface area contributed by atoms with Crippen molar-refractivity contribution in [3.05, 3.63) is 59.7 Å². The number of likely N-dealkylation sites (N-methyl/N-ethyl adjacent to an activating group) is 1. The van der Waals surface area contributed by atoms with E-state index in [9.17, 15) is 9.59 Å². The number of hydrogen-bond donors (Lipinski definition) is 1. The van der Waals surface area contributed by atoms with E-state index in [0.29, 0.717) is 25.1 Å². The van der Waals surface area contributed by atoms with Crippen LogP contribution in [-0.4, -0.2) is 55.4 Å². The molecule has 6 nitrogen and oxygen atoms in total. The summed E-state index contributed by atoms with van der Waals surface area (Å²) >= 11 is 0. The summed E-state index contributed by atoms with van der Waals surface area (Å²) < 4.78 is 5.65. The zero-order chi connectivity index (χ0) is 19.9. The lowest BCUT2D eigenvalue weighted by Gasteiger charge is -2.15. The normalized spacial score (nSPS) is 13.8. The topological polar surface area (TPSA) is 61.9 Å². The van der Waals surface area contributed by atoms with Crippen LogP contribution < -0.4 is 10.1 Å². The molecule has 1 aliphatic rings. The van der Waals surface area contributed by atoms with E-state index in [0.717, 1.165) is 36.5 Å². The molecule has 2 aromatic carbocycles. The van der Waals surface area contributed by atoms with Crippen LogP contribution in [0.3, 0.4) is 0 Å². The summed E-state index contributed by atoms with van der Waals surface area (Å²) in [6.45, 7) is 2.89. The fourth-order valence-electron chi connectivity index (χ4n) is 3.04. The van der Waals surface area contributed by atoms with Gasteiger partial charge in [-0.05, 0) is 62.5 Å². The minimum absolute atomic E-state index is 0.162. The van der Waals surface area contributed by atoms with Crippen LogP contribution in [0.15, 0.2) is 48.5 Å². The molecule has 148 valence electrons.